The molecular formula is C7H17O3PS. The predicted octanol–water partition coefficient (Wildman–Crippen LogP) is 2.62. The lowest BCUT2D eigenvalue weighted by molar-refractivity contribution is 0.341. The summed E-state index contributed by atoms with van der Waals surface area (Å²) in [7, 11) is -1.41. The maximum atomic E-state index is 12.0. The maximum Gasteiger partial charge on any atom is 0.259 e. The lowest BCUT2D eigenvalue weighted by Crippen LogP contribution is -2.01. The van der Waals surface area contributed by atoms with E-state index < -0.39 is 16.5 Å². The zero-order valence-electron chi connectivity index (χ0n) is 7.91. The van der Waals surface area contributed by atoms with Crippen LogP contribution in [0.2, 0.25) is 0 Å². The summed E-state index contributed by atoms with van der Waals surface area (Å²) in [6.07, 6.45) is 2.99. The van der Waals surface area contributed by atoms with E-state index in [9.17, 15) is 4.57 Å². The van der Waals surface area contributed by atoms with Crippen molar-refractivity contribution in [1.29, 1.82) is 0 Å². The van der Waals surface area contributed by atoms with Crippen LogP contribution in [0.25, 0.3) is 0 Å². The lowest BCUT2D eigenvalue weighted by atomic mass is 10.5. The van der Waals surface area contributed by atoms with Gasteiger partial charge in [-0.1, -0.05) is 9.93 Å². The zero-order valence-corrected chi connectivity index (χ0v) is 9.62. The Bertz CT molecular complexity index is 201. The fourth-order valence-electron chi connectivity index (χ4n) is 1.23. The van der Waals surface area contributed by atoms with Crippen molar-refractivity contribution in [2.75, 3.05) is 31.9 Å². The van der Waals surface area contributed by atoms with Crippen LogP contribution in [0.1, 0.15) is 13.3 Å². The van der Waals surface area contributed by atoms with Crippen molar-refractivity contribution in [2.45, 2.75) is 13.3 Å². The van der Waals surface area contributed by atoms with Crippen LogP contribution in [0.4, 0.5) is 0 Å². The number of hydrogen-bond donors (Lipinski definition) is 0. The molecule has 0 aromatic heterocycles. The second-order valence-corrected chi connectivity index (χ2v) is 11.7. The van der Waals surface area contributed by atoms with Crippen LogP contribution >= 0.6 is 16.5 Å². The Balaban J connectivity index is 2.71. The second-order valence-electron chi connectivity index (χ2n) is 3.03. The van der Waals surface area contributed by atoms with Crippen LogP contribution in [0.15, 0.2) is 0 Å². The lowest BCUT2D eigenvalue weighted by Gasteiger charge is -2.34. The molecule has 12 heavy (non-hydrogen) atoms. The highest BCUT2D eigenvalue weighted by atomic mass is 32.8. The molecule has 0 radical (unpaired) electrons. The van der Waals surface area contributed by atoms with E-state index in [0.29, 0.717) is 6.61 Å². The molecule has 1 aliphatic rings. The zero-order chi connectivity index (χ0) is 9.24. The van der Waals surface area contributed by atoms with Gasteiger partial charge < -0.3 is 8.71 Å². The highest BCUT2D eigenvalue weighted by molar-refractivity contribution is 8.75. The molecule has 0 aromatic rings. The largest absolute Gasteiger partial charge is 0.329 e. The Hall–Kier alpha value is 0.500. The molecule has 0 amide bonds. The first-order chi connectivity index (χ1) is 5.52. The smallest absolute Gasteiger partial charge is 0.259 e. The van der Waals surface area contributed by atoms with Gasteiger partial charge in [-0.25, -0.2) is 0 Å². The van der Waals surface area contributed by atoms with E-state index in [1.165, 1.54) is 0 Å². The van der Waals surface area contributed by atoms with Gasteiger partial charge in [0.1, 0.15) is 0 Å². The average molecular weight is 212 g/mol. The third-order valence-electron chi connectivity index (χ3n) is 2.07. The van der Waals surface area contributed by atoms with Gasteiger partial charge in [0.15, 0.2) is 0 Å². The van der Waals surface area contributed by atoms with Crippen LogP contribution in [-0.4, -0.2) is 31.9 Å². The van der Waals surface area contributed by atoms with Crippen molar-refractivity contribution in [3.05, 3.63) is 0 Å². The van der Waals surface area contributed by atoms with Gasteiger partial charge in [-0.05, 0) is 19.6 Å². The van der Waals surface area contributed by atoms with Gasteiger partial charge in [0.25, 0.3) is 6.57 Å². The van der Waals surface area contributed by atoms with E-state index in [0.717, 1.165) is 18.8 Å². The van der Waals surface area contributed by atoms with E-state index >= 15 is 0 Å². The molecule has 0 spiro atoms. The Labute approximate surface area is 75.5 Å². The molecule has 5 heteroatoms. The minimum absolute atomic E-state index is 0.514. The Morgan fingerprint density at radius 3 is 2.75 bits per heavy atom. The SMILES string of the molecule is CCOP(C)(=O)S1(C)CCCO1. The summed E-state index contributed by atoms with van der Waals surface area (Å²) in [6.45, 7) is 2.34. The fraction of sp³-hybridized carbons (Fsp3) is 1.00. The summed E-state index contributed by atoms with van der Waals surface area (Å²) >= 11 is 0. The van der Waals surface area contributed by atoms with Crippen LogP contribution < -0.4 is 0 Å². The van der Waals surface area contributed by atoms with E-state index in [4.69, 9.17) is 8.71 Å². The van der Waals surface area contributed by atoms with Gasteiger partial charge in [0.05, 0.1) is 13.2 Å². The Morgan fingerprint density at radius 2 is 2.33 bits per heavy atom. The topological polar surface area (TPSA) is 35.5 Å². The predicted molar refractivity (Wildman–Crippen MR) is 54.1 cm³/mol. The van der Waals surface area contributed by atoms with Gasteiger partial charge in [0.2, 0.25) is 0 Å². The second kappa shape index (κ2) is 3.70. The van der Waals surface area contributed by atoms with Gasteiger partial charge in [-0.3, -0.25) is 4.57 Å². The van der Waals surface area contributed by atoms with E-state index in [1.54, 1.807) is 6.66 Å². The van der Waals surface area contributed by atoms with Gasteiger partial charge >= 0.3 is 0 Å². The average Bonchev–Trinajstić information content (AvgIpc) is 2.37. The van der Waals surface area contributed by atoms with Gasteiger partial charge in [-0.2, -0.15) is 0 Å². The van der Waals surface area contributed by atoms with Crippen molar-refractivity contribution in [1.82, 2.24) is 0 Å². The summed E-state index contributed by atoms with van der Waals surface area (Å²) in [5.74, 6) is 0.931. The van der Waals surface area contributed by atoms with Crippen molar-refractivity contribution in [3.63, 3.8) is 0 Å². The molecule has 1 fully saturated rings. The van der Waals surface area contributed by atoms with Crippen LogP contribution in [0, 0.1) is 0 Å². The molecule has 0 aromatic carbocycles. The molecule has 0 aliphatic carbocycles. The number of rotatable bonds is 3. The highest BCUT2D eigenvalue weighted by Crippen LogP contribution is 2.80. The third-order valence-corrected chi connectivity index (χ3v) is 11.3. The molecule has 74 valence electrons. The molecule has 3 nitrogen and oxygen atoms in total. The molecule has 1 rings (SSSR count). The number of hydrogen-bond acceptors (Lipinski definition) is 3. The summed E-state index contributed by atoms with van der Waals surface area (Å²) in [5, 5.41) is 0. The monoisotopic (exact) mass is 212 g/mol. The third kappa shape index (κ3) is 1.87. The van der Waals surface area contributed by atoms with E-state index in [-0.39, 0.29) is 0 Å². The summed E-state index contributed by atoms with van der Waals surface area (Å²) in [5.41, 5.74) is 0. The Kier molecular flexibility index (Phi) is 3.27. The standard InChI is InChI=1S/C7H17O3PS/c1-4-9-11(2,8)12(3)7-5-6-10-12/h4-7H2,1-3H3. The first-order valence-electron chi connectivity index (χ1n) is 4.14. The highest BCUT2D eigenvalue weighted by Gasteiger charge is 2.40. The molecule has 1 aliphatic heterocycles. The van der Waals surface area contributed by atoms with Crippen LogP contribution in [0.5, 0.6) is 0 Å². The van der Waals surface area contributed by atoms with Crippen molar-refractivity contribution in [3.8, 4) is 0 Å². The normalized spacial score (nSPS) is 40.2. The van der Waals surface area contributed by atoms with Crippen LogP contribution in [0.3, 0.4) is 0 Å². The molecule has 2 unspecified atom stereocenters. The van der Waals surface area contributed by atoms with Gasteiger partial charge in [-0.15, -0.1) is 0 Å². The first kappa shape index (κ1) is 10.6. The summed E-state index contributed by atoms with van der Waals surface area (Å²) < 4.78 is 22.9. The Morgan fingerprint density at radius 1 is 1.67 bits per heavy atom. The van der Waals surface area contributed by atoms with E-state index in [1.807, 2.05) is 13.2 Å². The minimum Gasteiger partial charge on any atom is -0.329 e. The molecular weight excluding hydrogens is 195 g/mol. The molecule has 0 N–H and O–H groups in total. The summed E-state index contributed by atoms with van der Waals surface area (Å²) in [4.78, 5) is 0. The van der Waals surface area contributed by atoms with E-state index in [2.05, 4.69) is 0 Å². The van der Waals surface area contributed by atoms with Crippen molar-refractivity contribution in [2.24, 2.45) is 0 Å². The quantitative estimate of drug-likeness (QED) is 0.674. The van der Waals surface area contributed by atoms with Crippen molar-refractivity contribution < 1.29 is 13.3 Å². The molecule has 0 bridgehead atoms. The molecule has 0 saturated carbocycles. The summed E-state index contributed by atoms with van der Waals surface area (Å²) in [6, 6.07) is 0. The molecule has 2 atom stereocenters. The van der Waals surface area contributed by atoms with Crippen molar-refractivity contribution >= 4 is 16.5 Å². The minimum atomic E-state index is -2.49. The van der Waals surface area contributed by atoms with Gasteiger partial charge in [0, 0.05) is 12.4 Å². The molecule has 1 heterocycles. The van der Waals surface area contributed by atoms with Crippen LogP contribution in [-0.2, 0) is 13.3 Å². The molecule has 1 saturated heterocycles. The fourth-order valence-corrected chi connectivity index (χ4v) is 6.86. The maximum absolute atomic E-state index is 12.0. The first-order valence-corrected chi connectivity index (χ1v) is 8.96.